The number of nitrogens with zero attached hydrogens (tertiary/aromatic N) is 2. The van der Waals surface area contributed by atoms with Crippen molar-refractivity contribution in [1.29, 1.82) is 0 Å². The Morgan fingerprint density at radius 3 is 3.07 bits per heavy atom. The number of ether oxygens (including phenoxy) is 1. The maximum atomic E-state index is 5.64. The maximum Gasteiger partial charge on any atom is 0.417 e. The summed E-state index contributed by atoms with van der Waals surface area (Å²) in [6.07, 6.45) is 0.176. The highest BCUT2D eigenvalue weighted by Gasteiger charge is 2.08. The van der Waals surface area contributed by atoms with Crippen LogP contribution in [0.1, 0.15) is 6.92 Å². The largest absolute Gasteiger partial charge is 0.449 e. The molecule has 1 heterocycles. The Balaban J connectivity index is 2.29. The molecule has 78 valence electrons. The van der Waals surface area contributed by atoms with Crippen LogP contribution in [-0.2, 0) is 0 Å². The summed E-state index contributed by atoms with van der Waals surface area (Å²) >= 11 is 0. The summed E-state index contributed by atoms with van der Waals surface area (Å²) in [5, 5.41) is 3.78. The molecule has 0 radical (unpaired) electrons. The van der Waals surface area contributed by atoms with E-state index < -0.39 is 0 Å². The highest BCUT2D eigenvalue weighted by atomic mass is 16.6. The Kier molecular flexibility index (Phi) is 2.53. The van der Waals surface area contributed by atoms with Crippen LogP contribution in [0.25, 0.3) is 11.4 Å². The van der Waals surface area contributed by atoms with E-state index >= 15 is 0 Å². The Morgan fingerprint density at radius 1 is 1.47 bits per heavy atom. The lowest BCUT2D eigenvalue weighted by atomic mass is 10.2. The zero-order valence-electron chi connectivity index (χ0n) is 8.30. The molecule has 2 rings (SSSR count). The van der Waals surface area contributed by atoms with Crippen molar-refractivity contribution >= 4 is 5.69 Å². The van der Waals surface area contributed by atoms with Crippen molar-refractivity contribution in [2.75, 3.05) is 12.3 Å². The van der Waals surface area contributed by atoms with Crippen LogP contribution >= 0.6 is 0 Å². The quantitative estimate of drug-likeness (QED) is 0.772. The average Bonchev–Trinajstić information content (AvgIpc) is 2.67. The molecule has 5 heteroatoms. The number of nitrogen functional groups attached to an aromatic ring is 1. The van der Waals surface area contributed by atoms with Crippen molar-refractivity contribution < 1.29 is 9.26 Å². The van der Waals surface area contributed by atoms with E-state index in [1.165, 1.54) is 0 Å². The van der Waals surface area contributed by atoms with Crippen LogP contribution in [0.3, 0.4) is 0 Å². The van der Waals surface area contributed by atoms with Crippen LogP contribution in [0.5, 0.6) is 6.08 Å². The minimum Gasteiger partial charge on any atom is -0.449 e. The highest BCUT2D eigenvalue weighted by Crippen LogP contribution is 2.20. The lowest BCUT2D eigenvalue weighted by Crippen LogP contribution is -1.91. The van der Waals surface area contributed by atoms with Crippen molar-refractivity contribution in [2.24, 2.45) is 0 Å². The average molecular weight is 205 g/mol. The van der Waals surface area contributed by atoms with Crippen LogP contribution in [0.4, 0.5) is 5.69 Å². The first-order valence-corrected chi connectivity index (χ1v) is 4.62. The fourth-order valence-electron chi connectivity index (χ4n) is 1.19. The van der Waals surface area contributed by atoms with Gasteiger partial charge in [0.05, 0.1) is 6.61 Å². The molecule has 15 heavy (non-hydrogen) atoms. The van der Waals surface area contributed by atoms with E-state index in [1.807, 2.05) is 19.1 Å². The number of hydrogen-bond donors (Lipinski definition) is 1. The van der Waals surface area contributed by atoms with Crippen LogP contribution in [0.2, 0.25) is 0 Å². The van der Waals surface area contributed by atoms with Gasteiger partial charge in [0.25, 0.3) is 0 Å². The minimum absolute atomic E-state index is 0.176. The Hall–Kier alpha value is -2.04. The standard InChI is InChI=1S/C10H11N3O2/c1-2-14-10-12-9(13-15-10)7-4-3-5-8(11)6-7/h3-6H,2,11H2,1H3. The van der Waals surface area contributed by atoms with E-state index in [1.54, 1.807) is 12.1 Å². The maximum absolute atomic E-state index is 5.64. The normalized spacial score (nSPS) is 10.2. The summed E-state index contributed by atoms with van der Waals surface area (Å²) in [5.41, 5.74) is 7.12. The van der Waals surface area contributed by atoms with E-state index in [2.05, 4.69) is 10.1 Å². The van der Waals surface area contributed by atoms with Gasteiger partial charge in [0.15, 0.2) is 0 Å². The second-order valence-electron chi connectivity index (χ2n) is 2.94. The number of aromatic nitrogens is 2. The van der Waals surface area contributed by atoms with Gasteiger partial charge in [0.2, 0.25) is 5.82 Å². The second kappa shape index (κ2) is 4.00. The molecule has 0 saturated carbocycles. The van der Waals surface area contributed by atoms with Crippen molar-refractivity contribution in [2.45, 2.75) is 6.92 Å². The molecule has 0 aliphatic rings. The predicted molar refractivity (Wildman–Crippen MR) is 55.3 cm³/mol. The number of benzene rings is 1. The Morgan fingerprint density at radius 2 is 2.33 bits per heavy atom. The molecule has 2 N–H and O–H groups in total. The zero-order chi connectivity index (χ0) is 10.7. The summed E-state index contributed by atoms with van der Waals surface area (Å²) in [6, 6.07) is 7.27. The van der Waals surface area contributed by atoms with E-state index in [-0.39, 0.29) is 6.08 Å². The molecule has 0 atom stereocenters. The fraction of sp³-hybridized carbons (Fsp3) is 0.200. The fourth-order valence-corrected chi connectivity index (χ4v) is 1.19. The number of anilines is 1. The first kappa shape index (κ1) is 9.51. The number of rotatable bonds is 3. The van der Waals surface area contributed by atoms with Gasteiger partial charge in [0, 0.05) is 11.3 Å². The Bertz CT molecular complexity index is 453. The molecule has 0 aliphatic carbocycles. The van der Waals surface area contributed by atoms with Crippen LogP contribution in [0, 0.1) is 0 Å². The molecular formula is C10H11N3O2. The third-order valence-corrected chi connectivity index (χ3v) is 1.82. The molecule has 0 aliphatic heterocycles. The molecule has 5 nitrogen and oxygen atoms in total. The van der Waals surface area contributed by atoms with Gasteiger partial charge in [-0.3, -0.25) is 4.52 Å². The van der Waals surface area contributed by atoms with Gasteiger partial charge < -0.3 is 10.5 Å². The highest BCUT2D eigenvalue weighted by molar-refractivity contribution is 5.60. The third kappa shape index (κ3) is 2.07. The molecule has 0 bridgehead atoms. The second-order valence-corrected chi connectivity index (χ2v) is 2.94. The summed E-state index contributed by atoms with van der Waals surface area (Å²) in [5.74, 6) is 0.478. The van der Waals surface area contributed by atoms with Gasteiger partial charge in [-0.15, -0.1) is 0 Å². The van der Waals surface area contributed by atoms with Gasteiger partial charge in [-0.1, -0.05) is 17.3 Å². The van der Waals surface area contributed by atoms with Crippen molar-refractivity contribution in [1.82, 2.24) is 10.1 Å². The SMILES string of the molecule is CCOc1nc(-c2cccc(N)c2)no1. The van der Waals surface area contributed by atoms with Crippen LogP contribution < -0.4 is 10.5 Å². The van der Waals surface area contributed by atoms with E-state index in [0.29, 0.717) is 18.1 Å². The molecule has 0 saturated heterocycles. The number of hydrogen-bond acceptors (Lipinski definition) is 5. The van der Waals surface area contributed by atoms with Gasteiger partial charge in [-0.25, -0.2) is 0 Å². The summed E-state index contributed by atoms with van der Waals surface area (Å²) < 4.78 is 9.94. The van der Waals surface area contributed by atoms with Gasteiger partial charge >= 0.3 is 6.08 Å². The van der Waals surface area contributed by atoms with Gasteiger partial charge in [-0.2, -0.15) is 4.98 Å². The monoisotopic (exact) mass is 205 g/mol. The third-order valence-electron chi connectivity index (χ3n) is 1.82. The van der Waals surface area contributed by atoms with Gasteiger partial charge in [0.1, 0.15) is 0 Å². The lowest BCUT2D eigenvalue weighted by molar-refractivity contribution is 0.215. The smallest absolute Gasteiger partial charge is 0.417 e. The summed E-state index contributed by atoms with van der Waals surface area (Å²) in [4.78, 5) is 4.06. The molecule has 1 aromatic heterocycles. The first-order valence-electron chi connectivity index (χ1n) is 4.62. The molecule has 0 amide bonds. The first-order chi connectivity index (χ1) is 7.29. The molecule has 0 unspecified atom stereocenters. The van der Waals surface area contributed by atoms with Crippen molar-refractivity contribution in [3.63, 3.8) is 0 Å². The van der Waals surface area contributed by atoms with E-state index in [4.69, 9.17) is 15.0 Å². The molecule has 0 spiro atoms. The van der Waals surface area contributed by atoms with E-state index in [0.717, 1.165) is 5.56 Å². The predicted octanol–water partition coefficient (Wildman–Crippen LogP) is 1.72. The molecule has 0 fully saturated rings. The molecule has 2 aromatic rings. The topological polar surface area (TPSA) is 74.2 Å². The van der Waals surface area contributed by atoms with Crippen molar-refractivity contribution in [3.05, 3.63) is 24.3 Å². The van der Waals surface area contributed by atoms with E-state index in [9.17, 15) is 0 Å². The molecule has 1 aromatic carbocycles. The molecular weight excluding hydrogens is 194 g/mol. The van der Waals surface area contributed by atoms with Crippen LogP contribution in [-0.4, -0.2) is 16.7 Å². The van der Waals surface area contributed by atoms with Crippen LogP contribution in [0.15, 0.2) is 28.8 Å². The zero-order valence-corrected chi connectivity index (χ0v) is 8.30. The number of nitrogens with two attached hydrogens (primary N) is 1. The van der Waals surface area contributed by atoms with Crippen molar-refractivity contribution in [3.8, 4) is 17.5 Å². The summed E-state index contributed by atoms with van der Waals surface area (Å²) in [7, 11) is 0. The summed E-state index contributed by atoms with van der Waals surface area (Å²) in [6.45, 7) is 2.35. The lowest BCUT2D eigenvalue weighted by Gasteiger charge is -1.95. The van der Waals surface area contributed by atoms with Gasteiger partial charge in [-0.05, 0) is 19.1 Å². The Labute approximate surface area is 86.9 Å². The minimum atomic E-state index is 0.176.